The quantitative estimate of drug-likeness (QED) is 0.422. The van der Waals surface area contributed by atoms with Crippen molar-refractivity contribution in [2.75, 3.05) is 17.6 Å². The first-order valence-electron chi connectivity index (χ1n) is 11.8. The van der Waals surface area contributed by atoms with Crippen molar-refractivity contribution in [3.05, 3.63) is 65.2 Å². The lowest BCUT2D eigenvalue weighted by molar-refractivity contribution is -0.140. The number of para-hydroxylation sites is 1. The smallest absolute Gasteiger partial charge is 0.408 e. The van der Waals surface area contributed by atoms with Gasteiger partial charge in [-0.05, 0) is 58.2 Å². The topological polar surface area (TPSA) is 87.7 Å². The van der Waals surface area contributed by atoms with Gasteiger partial charge in [0.1, 0.15) is 17.7 Å². The molecule has 0 saturated heterocycles. The highest BCUT2D eigenvalue weighted by atomic mass is 32.1. The Kier molecular flexibility index (Phi) is 10.2. The van der Waals surface area contributed by atoms with Crippen molar-refractivity contribution in [1.82, 2.24) is 10.2 Å². The summed E-state index contributed by atoms with van der Waals surface area (Å²) in [4.78, 5) is 41.3. The molecular weight excluding hydrogens is 462 g/mol. The summed E-state index contributed by atoms with van der Waals surface area (Å²) in [5, 5.41) is 5.60. The molecule has 0 aliphatic rings. The SMILES string of the molecule is CCCN(C(=O)C(CS)NC(=O)OC(C)(C)C)C(C(=O)Nc1ccccc1C)c1cccc(C)c1. The second-order valence-corrected chi connectivity index (χ2v) is 9.90. The van der Waals surface area contributed by atoms with Gasteiger partial charge in [0, 0.05) is 18.0 Å². The summed E-state index contributed by atoms with van der Waals surface area (Å²) in [6.07, 6.45) is -0.0879. The summed E-state index contributed by atoms with van der Waals surface area (Å²) in [5.74, 6) is -0.681. The number of nitrogens with one attached hydrogen (secondary N) is 2. The normalized spacial score (nSPS) is 12.9. The second-order valence-electron chi connectivity index (χ2n) is 9.53. The fourth-order valence-corrected chi connectivity index (χ4v) is 3.92. The largest absolute Gasteiger partial charge is 0.444 e. The molecule has 0 aromatic heterocycles. The van der Waals surface area contributed by atoms with Crippen molar-refractivity contribution >= 4 is 36.2 Å². The van der Waals surface area contributed by atoms with E-state index in [0.29, 0.717) is 24.2 Å². The Morgan fingerprint density at radius 1 is 1.06 bits per heavy atom. The molecule has 2 aromatic rings. The molecule has 2 rings (SSSR count). The average Bonchev–Trinajstić information content (AvgIpc) is 2.77. The molecule has 0 radical (unpaired) electrons. The summed E-state index contributed by atoms with van der Waals surface area (Å²) >= 11 is 4.30. The standard InChI is InChI=1S/C27H37N3O4S/c1-7-15-30(25(32)22(17-35)29-26(33)34-27(4,5)6)23(20-13-10-11-18(2)16-20)24(31)28-21-14-9-8-12-19(21)3/h8-14,16,22-23,35H,7,15,17H2,1-6H3,(H,28,31)(H,29,33). The lowest BCUT2D eigenvalue weighted by Crippen LogP contribution is -2.53. The maximum absolute atomic E-state index is 13.7. The summed E-state index contributed by atoms with van der Waals surface area (Å²) < 4.78 is 5.33. The van der Waals surface area contributed by atoms with Gasteiger partial charge in [-0.2, -0.15) is 12.6 Å². The van der Waals surface area contributed by atoms with E-state index in [4.69, 9.17) is 4.74 Å². The highest BCUT2D eigenvalue weighted by Crippen LogP contribution is 2.26. The zero-order valence-electron chi connectivity index (χ0n) is 21.4. The molecule has 35 heavy (non-hydrogen) atoms. The molecule has 2 unspecified atom stereocenters. The van der Waals surface area contributed by atoms with Crippen LogP contribution in [0.15, 0.2) is 48.5 Å². The Bertz CT molecular complexity index is 1040. The predicted octanol–water partition coefficient (Wildman–Crippen LogP) is 5.04. The Labute approximate surface area is 214 Å². The minimum atomic E-state index is -0.960. The van der Waals surface area contributed by atoms with Gasteiger partial charge in [-0.25, -0.2) is 4.79 Å². The van der Waals surface area contributed by atoms with Crippen LogP contribution in [0.4, 0.5) is 10.5 Å². The number of amides is 3. The highest BCUT2D eigenvalue weighted by molar-refractivity contribution is 7.80. The molecule has 2 N–H and O–H groups in total. The van der Waals surface area contributed by atoms with Crippen LogP contribution in [0.2, 0.25) is 0 Å². The van der Waals surface area contributed by atoms with Crippen molar-refractivity contribution in [1.29, 1.82) is 0 Å². The van der Waals surface area contributed by atoms with Gasteiger partial charge >= 0.3 is 6.09 Å². The molecule has 0 saturated carbocycles. The number of thiol groups is 1. The van der Waals surface area contributed by atoms with E-state index >= 15 is 0 Å². The Morgan fingerprint density at radius 2 is 1.74 bits per heavy atom. The van der Waals surface area contributed by atoms with Gasteiger partial charge in [0.05, 0.1) is 0 Å². The molecule has 0 aliphatic carbocycles. The average molecular weight is 500 g/mol. The lowest BCUT2D eigenvalue weighted by atomic mass is 10.0. The fourth-order valence-electron chi connectivity index (χ4n) is 3.67. The van der Waals surface area contributed by atoms with Crippen LogP contribution in [0.5, 0.6) is 0 Å². The van der Waals surface area contributed by atoms with Crippen LogP contribution in [0.1, 0.15) is 56.8 Å². The second kappa shape index (κ2) is 12.6. The predicted molar refractivity (Wildman–Crippen MR) is 143 cm³/mol. The number of carbonyl (C=O) groups excluding carboxylic acids is 3. The molecule has 0 fully saturated rings. The van der Waals surface area contributed by atoms with Gasteiger partial charge < -0.3 is 20.3 Å². The fraction of sp³-hybridized carbons (Fsp3) is 0.444. The van der Waals surface area contributed by atoms with Gasteiger partial charge in [0.25, 0.3) is 5.91 Å². The van der Waals surface area contributed by atoms with Crippen molar-refractivity contribution in [3.8, 4) is 0 Å². The van der Waals surface area contributed by atoms with Crippen LogP contribution in [0, 0.1) is 13.8 Å². The van der Waals surface area contributed by atoms with Crippen molar-refractivity contribution in [2.24, 2.45) is 0 Å². The minimum Gasteiger partial charge on any atom is -0.444 e. The number of nitrogens with zero attached hydrogens (tertiary/aromatic N) is 1. The number of hydrogen-bond donors (Lipinski definition) is 3. The van der Waals surface area contributed by atoms with Gasteiger partial charge in [0.15, 0.2) is 0 Å². The number of benzene rings is 2. The van der Waals surface area contributed by atoms with Crippen LogP contribution in [-0.4, -0.2) is 46.7 Å². The Hall–Kier alpha value is -3.00. The third kappa shape index (κ3) is 8.31. The van der Waals surface area contributed by atoms with Gasteiger partial charge in [-0.15, -0.1) is 0 Å². The van der Waals surface area contributed by atoms with E-state index in [2.05, 4.69) is 23.3 Å². The molecule has 2 atom stereocenters. The zero-order chi connectivity index (χ0) is 26.2. The third-order valence-electron chi connectivity index (χ3n) is 5.24. The molecule has 0 aliphatic heterocycles. The Morgan fingerprint density at radius 3 is 2.31 bits per heavy atom. The molecule has 3 amide bonds. The van der Waals surface area contributed by atoms with Crippen LogP contribution < -0.4 is 10.6 Å². The maximum Gasteiger partial charge on any atom is 0.408 e. The zero-order valence-corrected chi connectivity index (χ0v) is 22.3. The molecule has 0 spiro atoms. The van der Waals surface area contributed by atoms with Gasteiger partial charge in [0.2, 0.25) is 5.91 Å². The number of carbonyl (C=O) groups is 3. The first kappa shape index (κ1) is 28.2. The van der Waals surface area contributed by atoms with E-state index in [9.17, 15) is 14.4 Å². The van der Waals surface area contributed by atoms with Crippen molar-refractivity contribution in [3.63, 3.8) is 0 Å². The molecular formula is C27H37N3O4S. The van der Waals surface area contributed by atoms with Crippen LogP contribution >= 0.6 is 12.6 Å². The van der Waals surface area contributed by atoms with E-state index in [-0.39, 0.29) is 11.7 Å². The molecule has 0 heterocycles. The maximum atomic E-state index is 13.7. The van der Waals surface area contributed by atoms with E-state index < -0.39 is 29.7 Å². The van der Waals surface area contributed by atoms with E-state index in [1.165, 1.54) is 4.90 Å². The van der Waals surface area contributed by atoms with Crippen molar-refractivity contribution < 1.29 is 19.1 Å². The summed E-state index contributed by atoms with van der Waals surface area (Å²) in [6.45, 7) is 11.3. The van der Waals surface area contributed by atoms with E-state index in [1.807, 2.05) is 69.3 Å². The van der Waals surface area contributed by atoms with Gasteiger partial charge in [-0.3, -0.25) is 9.59 Å². The summed E-state index contributed by atoms with van der Waals surface area (Å²) in [6, 6.07) is 13.2. The number of rotatable bonds is 9. The summed E-state index contributed by atoms with van der Waals surface area (Å²) in [5.41, 5.74) is 2.54. The number of hydrogen-bond acceptors (Lipinski definition) is 5. The molecule has 7 nitrogen and oxygen atoms in total. The minimum absolute atomic E-state index is 0.0538. The van der Waals surface area contributed by atoms with E-state index in [0.717, 1.165) is 11.1 Å². The van der Waals surface area contributed by atoms with Gasteiger partial charge in [-0.1, -0.05) is 55.0 Å². The lowest BCUT2D eigenvalue weighted by Gasteiger charge is -2.34. The number of aryl methyl sites for hydroxylation is 2. The van der Waals surface area contributed by atoms with Crippen LogP contribution in [-0.2, 0) is 14.3 Å². The van der Waals surface area contributed by atoms with Crippen LogP contribution in [0.3, 0.4) is 0 Å². The first-order valence-corrected chi connectivity index (χ1v) is 12.4. The highest BCUT2D eigenvalue weighted by Gasteiger charge is 2.35. The van der Waals surface area contributed by atoms with Crippen molar-refractivity contribution in [2.45, 2.75) is 65.6 Å². The monoisotopic (exact) mass is 499 g/mol. The van der Waals surface area contributed by atoms with Crippen LogP contribution in [0.25, 0.3) is 0 Å². The Balaban J connectivity index is 2.44. The third-order valence-corrected chi connectivity index (χ3v) is 5.61. The molecule has 8 heteroatoms. The molecule has 0 bridgehead atoms. The number of alkyl carbamates (subject to hydrolysis) is 1. The first-order chi connectivity index (χ1) is 16.5. The molecule has 190 valence electrons. The number of anilines is 1. The molecule has 2 aromatic carbocycles. The number of ether oxygens (including phenoxy) is 1. The van der Waals surface area contributed by atoms with E-state index in [1.54, 1.807) is 20.8 Å². The summed E-state index contributed by atoms with van der Waals surface area (Å²) in [7, 11) is 0.